The van der Waals surface area contributed by atoms with Crippen molar-refractivity contribution in [1.29, 1.82) is 0 Å². The Morgan fingerprint density at radius 3 is 2.75 bits per heavy atom. The van der Waals surface area contributed by atoms with Crippen LogP contribution >= 0.6 is 11.3 Å². The zero-order chi connectivity index (χ0) is 14.5. The van der Waals surface area contributed by atoms with Crippen molar-refractivity contribution in [1.82, 2.24) is 10.6 Å². The molecule has 1 fully saturated rings. The minimum absolute atomic E-state index is 0.0308. The van der Waals surface area contributed by atoms with Crippen LogP contribution in [0.5, 0.6) is 0 Å². The van der Waals surface area contributed by atoms with E-state index in [9.17, 15) is 9.59 Å². The Labute approximate surface area is 121 Å². The quantitative estimate of drug-likeness (QED) is 0.594. The molecule has 6 nitrogen and oxygen atoms in total. The van der Waals surface area contributed by atoms with Crippen molar-refractivity contribution < 1.29 is 9.59 Å². The number of hydrogen-bond donors (Lipinski definition) is 4. The summed E-state index contributed by atoms with van der Waals surface area (Å²) in [4.78, 5) is 23.8. The fraction of sp³-hybridized carbons (Fsp3) is 0.538. The van der Waals surface area contributed by atoms with E-state index in [-0.39, 0.29) is 24.4 Å². The molecule has 0 bridgehead atoms. The normalized spacial score (nSPS) is 17.2. The number of rotatable bonds is 7. The van der Waals surface area contributed by atoms with Gasteiger partial charge in [0, 0.05) is 17.5 Å². The highest BCUT2D eigenvalue weighted by molar-refractivity contribution is 7.10. The first-order valence-electron chi connectivity index (χ1n) is 6.68. The molecule has 2 rings (SSSR count). The Hall–Kier alpha value is -1.60. The van der Waals surface area contributed by atoms with Gasteiger partial charge in [-0.2, -0.15) is 0 Å². The maximum absolute atomic E-state index is 11.9. The molecule has 6 N–H and O–H groups in total. The number of urea groups is 1. The maximum atomic E-state index is 11.9. The van der Waals surface area contributed by atoms with E-state index < -0.39 is 6.03 Å². The van der Waals surface area contributed by atoms with Crippen molar-refractivity contribution in [3.8, 4) is 0 Å². The first-order valence-corrected chi connectivity index (χ1v) is 7.56. The maximum Gasteiger partial charge on any atom is 0.312 e. The second kappa shape index (κ2) is 6.71. The van der Waals surface area contributed by atoms with Crippen molar-refractivity contribution in [2.75, 3.05) is 6.54 Å². The molecule has 2 unspecified atom stereocenters. The largest absolute Gasteiger partial charge is 0.354 e. The summed E-state index contributed by atoms with van der Waals surface area (Å²) in [6.45, 7) is 0.483. The molecule has 1 saturated carbocycles. The van der Waals surface area contributed by atoms with E-state index in [1.54, 1.807) is 0 Å². The summed E-state index contributed by atoms with van der Waals surface area (Å²) >= 11 is 1.48. The van der Waals surface area contributed by atoms with Gasteiger partial charge in [-0.3, -0.25) is 4.79 Å². The molecule has 20 heavy (non-hydrogen) atoms. The molecule has 0 spiro atoms. The van der Waals surface area contributed by atoms with E-state index in [0.29, 0.717) is 12.5 Å². The first-order chi connectivity index (χ1) is 9.56. The van der Waals surface area contributed by atoms with Gasteiger partial charge >= 0.3 is 6.03 Å². The predicted octanol–water partition coefficient (Wildman–Crippen LogP) is 0.701. The molecular formula is C13H20N4O2S. The lowest BCUT2D eigenvalue weighted by molar-refractivity contribution is -0.121. The van der Waals surface area contributed by atoms with Gasteiger partial charge in [0.2, 0.25) is 5.91 Å². The SMILES string of the molecule is NC(=O)NC(CC(=O)NCC(N)C1CC1)c1cccs1. The Morgan fingerprint density at radius 1 is 1.45 bits per heavy atom. The van der Waals surface area contributed by atoms with Gasteiger partial charge in [-0.05, 0) is 30.2 Å². The van der Waals surface area contributed by atoms with Gasteiger partial charge in [-0.1, -0.05) is 6.07 Å². The Bertz CT molecular complexity index is 459. The van der Waals surface area contributed by atoms with Crippen molar-refractivity contribution in [2.45, 2.75) is 31.3 Å². The second-order valence-electron chi connectivity index (χ2n) is 5.09. The average molecular weight is 296 g/mol. The Morgan fingerprint density at radius 2 is 2.20 bits per heavy atom. The van der Waals surface area contributed by atoms with Crippen LogP contribution in [0.3, 0.4) is 0 Å². The summed E-state index contributed by atoms with van der Waals surface area (Å²) in [6, 6.07) is 2.75. The highest BCUT2D eigenvalue weighted by atomic mass is 32.1. The zero-order valence-electron chi connectivity index (χ0n) is 11.2. The standard InChI is InChI=1S/C13H20N4O2S/c14-9(8-3-4-8)7-16-12(18)6-10(17-13(15)19)11-2-1-5-20-11/h1-2,5,8-10H,3-4,6-7,14H2,(H,16,18)(H3,15,17,19). The molecule has 7 heteroatoms. The van der Waals surface area contributed by atoms with Crippen molar-refractivity contribution in [3.63, 3.8) is 0 Å². The van der Waals surface area contributed by atoms with Crippen LogP contribution in [0, 0.1) is 5.92 Å². The van der Waals surface area contributed by atoms with Gasteiger partial charge in [0.05, 0.1) is 12.5 Å². The number of carbonyl (C=O) groups is 2. The number of carbonyl (C=O) groups excluding carboxylic acids is 2. The minimum atomic E-state index is -0.633. The number of thiophene rings is 1. The summed E-state index contributed by atoms with van der Waals surface area (Å²) in [5.41, 5.74) is 11.1. The molecule has 0 radical (unpaired) electrons. The van der Waals surface area contributed by atoms with E-state index >= 15 is 0 Å². The van der Waals surface area contributed by atoms with Crippen molar-refractivity contribution >= 4 is 23.3 Å². The third kappa shape index (κ3) is 4.50. The molecule has 0 saturated heterocycles. The average Bonchev–Trinajstić information content (AvgIpc) is 3.10. The molecule has 0 aliphatic heterocycles. The molecule has 3 amide bonds. The van der Waals surface area contributed by atoms with Gasteiger partial charge in [0.1, 0.15) is 0 Å². The number of nitrogens with two attached hydrogens (primary N) is 2. The lowest BCUT2D eigenvalue weighted by Crippen LogP contribution is -2.41. The van der Waals surface area contributed by atoms with Gasteiger partial charge in [0.15, 0.2) is 0 Å². The van der Waals surface area contributed by atoms with Crippen molar-refractivity contribution in [3.05, 3.63) is 22.4 Å². The molecule has 2 atom stereocenters. The summed E-state index contributed by atoms with van der Waals surface area (Å²) < 4.78 is 0. The van der Waals surface area contributed by atoms with E-state index in [1.807, 2.05) is 17.5 Å². The molecule has 1 heterocycles. The summed E-state index contributed by atoms with van der Waals surface area (Å²) in [7, 11) is 0. The minimum Gasteiger partial charge on any atom is -0.354 e. The second-order valence-corrected chi connectivity index (χ2v) is 6.07. The van der Waals surface area contributed by atoms with E-state index in [2.05, 4.69) is 10.6 Å². The topological polar surface area (TPSA) is 110 Å². The molecule has 110 valence electrons. The number of hydrogen-bond acceptors (Lipinski definition) is 4. The number of primary amides is 1. The highest BCUT2D eigenvalue weighted by Gasteiger charge is 2.28. The fourth-order valence-electron chi connectivity index (χ4n) is 2.06. The number of amides is 3. The molecule has 1 aromatic heterocycles. The summed E-state index contributed by atoms with van der Waals surface area (Å²) in [5.74, 6) is 0.417. The molecule has 1 aromatic rings. The molecule has 1 aliphatic rings. The Balaban J connectivity index is 1.83. The van der Waals surface area contributed by atoms with Crippen LogP contribution in [0.25, 0.3) is 0 Å². The number of nitrogens with one attached hydrogen (secondary N) is 2. The van der Waals surface area contributed by atoms with Crippen LogP contribution in [0.1, 0.15) is 30.2 Å². The van der Waals surface area contributed by atoms with Gasteiger partial charge in [0.25, 0.3) is 0 Å². The first kappa shape index (κ1) is 14.8. The lowest BCUT2D eigenvalue weighted by Gasteiger charge is -2.17. The molecule has 1 aliphatic carbocycles. The van der Waals surface area contributed by atoms with Crippen LogP contribution in [0.2, 0.25) is 0 Å². The van der Waals surface area contributed by atoms with Crippen LogP contribution in [-0.2, 0) is 4.79 Å². The predicted molar refractivity (Wildman–Crippen MR) is 78.1 cm³/mol. The van der Waals surface area contributed by atoms with E-state index in [4.69, 9.17) is 11.5 Å². The third-order valence-electron chi connectivity index (χ3n) is 3.36. The van der Waals surface area contributed by atoms with Crippen LogP contribution in [0.15, 0.2) is 17.5 Å². The third-order valence-corrected chi connectivity index (χ3v) is 4.34. The zero-order valence-corrected chi connectivity index (χ0v) is 12.0. The summed E-state index contributed by atoms with van der Waals surface area (Å²) in [6.07, 6.45) is 2.47. The van der Waals surface area contributed by atoms with Crippen molar-refractivity contribution in [2.24, 2.45) is 17.4 Å². The summed E-state index contributed by atoms with van der Waals surface area (Å²) in [5, 5.41) is 7.31. The van der Waals surface area contributed by atoms with Gasteiger partial charge in [-0.25, -0.2) is 4.79 Å². The van der Waals surface area contributed by atoms with Crippen LogP contribution in [-0.4, -0.2) is 24.5 Å². The van der Waals surface area contributed by atoms with E-state index in [0.717, 1.165) is 17.7 Å². The van der Waals surface area contributed by atoms with E-state index in [1.165, 1.54) is 11.3 Å². The van der Waals surface area contributed by atoms with Crippen LogP contribution < -0.4 is 22.1 Å². The van der Waals surface area contributed by atoms with Gasteiger partial charge < -0.3 is 22.1 Å². The highest BCUT2D eigenvalue weighted by Crippen LogP contribution is 2.31. The fourth-order valence-corrected chi connectivity index (χ4v) is 2.84. The molecule has 0 aromatic carbocycles. The lowest BCUT2D eigenvalue weighted by atomic mass is 10.1. The van der Waals surface area contributed by atoms with Crippen LogP contribution in [0.4, 0.5) is 4.79 Å². The Kier molecular flexibility index (Phi) is 4.97. The molecular weight excluding hydrogens is 276 g/mol. The van der Waals surface area contributed by atoms with Gasteiger partial charge in [-0.15, -0.1) is 11.3 Å². The smallest absolute Gasteiger partial charge is 0.312 e. The monoisotopic (exact) mass is 296 g/mol.